The van der Waals surface area contributed by atoms with Crippen LogP contribution in [0.15, 0.2) is 12.4 Å². The molecule has 1 aromatic rings. The largest absolute Gasteiger partial charge is 0.475 e. The summed E-state index contributed by atoms with van der Waals surface area (Å²) in [5, 5.41) is 3.37. The molecular weight excluding hydrogens is 240 g/mol. The van der Waals surface area contributed by atoms with Crippen molar-refractivity contribution < 1.29 is 4.74 Å². The smallest absolute Gasteiger partial charge is 0.218 e. The van der Waals surface area contributed by atoms with Gasteiger partial charge < -0.3 is 15.8 Å². The second kappa shape index (κ2) is 6.70. The van der Waals surface area contributed by atoms with Crippen molar-refractivity contribution in [2.45, 2.75) is 51.7 Å². The molecular formula is C14H24N4O. The molecule has 0 amide bonds. The molecule has 0 bridgehead atoms. The minimum Gasteiger partial charge on any atom is -0.475 e. The van der Waals surface area contributed by atoms with Crippen LogP contribution < -0.4 is 15.8 Å². The summed E-state index contributed by atoms with van der Waals surface area (Å²) in [6.07, 6.45) is 6.35. The van der Waals surface area contributed by atoms with Crippen LogP contribution in [0.2, 0.25) is 0 Å². The van der Waals surface area contributed by atoms with Gasteiger partial charge >= 0.3 is 0 Å². The zero-order valence-electron chi connectivity index (χ0n) is 11.8. The van der Waals surface area contributed by atoms with Crippen LogP contribution in [-0.2, 0) is 0 Å². The number of hydrogen-bond acceptors (Lipinski definition) is 5. The van der Waals surface area contributed by atoms with Gasteiger partial charge in [0.25, 0.3) is 0 Å². The van der Waals surface area contributed by atoms with E-state index in [4.69, 9.17) is 10.5 Å². The quantitative estimate of drug-likeness (QED) is 0.853. The average Bonchev–Trinajstić information content (AvgIpc) is 2.38. The highest BCUT2D eigenvalue weighted by molar-refractivity contribution is 5.37. The molecule has 5 nitrogen and oxygen atoms in total. The van der Waals surface area contributed by atoms with Crippen molar-refractivity contribution in [3.63, 3.8) is 0 Å². The van der Waals surface area contributed by atoms with Gasteiger partial charge in [-0.25, -0.2) is 9.97 Å². The number of rotatable bonds is 5. The maximum atomic E-state index is 5.91. The molecule has 0 atom stereocenters. The third-order valence-corrected chi connectivity index (χ3v) is 3.46. The highest BCUT2D eigenvalue weighted by atomic mass is 16.5. The fourth-order valence-electron chi connectivity index (χ4n) is 2.38. The summed E-state index contributed by atoms with van der Waals surface area (Å²) in [6, 6.07) is 2.26. The maximum absolute atomic E-state index is 5.91. The van der Waals surface area contributed by atoms with Gasteiger partial charge in [0.05, 0.1) is 6.10 Å². The van der Waals surface area contributed by atoms with Crippen LogP contribution in [0.25, 0.3) is 0 Å². The highest BCUT2D eigenvalue weighted by Crippen LogP contribution is 2.23. The highest BCUT2D eigenvalue weighted by Gasteiger charge is 2.18. The van der Waals surface area contributed by atoms with Crippen molar-refractivity contribution in [1.82, 2.24) is 9.97 Å². The van der Waals surface area contributed by atoms with E-state index in [1.165, 1.54) is 19.2 Å². The van der Waals surface area contributed by atoms with Crippen molar-refractivity contribution >= 4 is 5.82 Å². The zero-order valence-corrected chi connectivity index (χ0v) is 11.8. The Bertz CT molecular complexity index is 389. The number of nitrogens with zero attached hydrogens (tertiary/aromatic N) is 2. The predicted octanol–water partition coefficient (Wildman–Crippen LogP) is 2.19. The van der Waals surface area contributed by atoms with Gasteiger partial charge in [-0.3, -0.25) is 0 Å². The number of anilines is 1. The van der Waals surface area contributed by atoms with Gasteiger partial charge in [-0.1, -0.05) is 0 Å². The lowest BCUT2D eigenvalue weighted by atomic mass is 9.86. The number of aromatic nitrogens is 2. The molecule has 1 saturated carbocycles. The van der Waals surface area contributed by atoms with Crippen LogP contribution in [0.5, 0.6) is 5.88 Å². The maximum Gasteiger partial charge on any atom is 0.218 e. The molecule has 0 saturated heterocycles. The topological polar surface area (TPSA) is 73.1 Å². The van der Waals surface area contributed by atoms with Crippen molar-refractivity contribution in [1.29, 1.82) is 0 Å². The standard InChI is InChI=1S/C14H24N4O/c1-10(2)19-14-7-13(17-9-18-14)16-8-11-3-5-12(15)6-4-11/h7,9-12H,3-6,8,15H2,1-2H3,(H,16,17,18). The molecule has 3 N–H and O–H groups in total. The molecule has 1 aliphatic rings. The molecule has 106 valence electrons. The van der Waals surface area contributed by atoms with E-state index in [0.717, 1.165) is 25.2 Å². The predicted molar refractivity (Wildman–Crippen MR) is 76.2 cm³/mol. The Balaban J connectivity index is 1.82. The van der Waals surface area contributed by atoms with Crippen LogP contribution in [0, 0.1) is 5.92 Å². The summed E-state index contributed by atoms with van der Waals surface area (Å²) in [6.45, 7) is 4.92. The first-order chi connectivity index (χ1) is 9.13. The second-order valence-electron chi connectivity index (χ2n) is 5.57. The molecule has 0 aromatic carbocycles. The molecule has 19 heavy (non-hydrogen) atoms. The molecule has 0 aliphatic heterocycles. The van der Waals surface area contributed by atoms with Crippen molar-refractivity contribution in [2.75, 3.05) is 11.9 Å². The monoisotopic (exact) mass is 264 g/mol. The van der Waals surface area contributed by atoms with Gasteiger partial charge in [-0.05, 0) is 45.4 Å². The fourth-order valence-corrected chi connectivity index (χ4v) is 2.38. The number of nitrogens with one attached hydrogen (secondary N) is 1. The van der Waals surface area contributed by atoms with E-state index < -0.39 is 0 Å². The summed E-state index contributed by atoms with van der Waals surface area (Å²) in [4.78, 5) is 8.31. The summed E-state index contributed by atoms with van der Waals surface area (Å²) >= 11 is 0. The van der Waals surface area contributed by atoms with E-state index in [9.17, 15) is 0 Å². The van der Waals surface area contributed by atoms with E-state index >= 15 is 0 Å². The minimum atomic E-state index is 0.127. The third-order valence-electron chi connectivity index (χ3n) is 3.46. The summed E-state index contributed by atoms with van der Waals surface area (Å²) in [5.41, 5.74) is 5.91. The lowest BCUT2D eigenvalue weighted by Crippen LogP contribution is -2.29. The first kappa shape index (κ1) is 14.1. The molecule has 1 aromatic heterocycles. The van der Waals surface area contributed by atoms with E-state index in [-0.39, 0.29) is 6.10 Å². The first-order valence-electron chi connectivity index (χ1n) is 7.11. The van der Waals surface area contributed by atoms with E-state index in [1.807, 2.05) is 19.9 Å². The van der Waals surface area contributed by atoms with Gasteiger partial charge in [0.2, 0.25) is 5.88 Å². The SMILES string of the molecule is CC(C)Oc1cc(NCC2CCC(N)CC2)ncn1. The zero-order chi connectivity index (χ0) is 13.7. The lowest BCUT2D eigenvalue weighted by molar-refractivity contribution is 0.232. The average molecular weight is 264 g/mol. The molecule has 1 aliphatic carbocycles. The Morgan fingerprint density at radius 2 is 2.05 bits per heavy atom. The van der Waals surface area contributed by atoms with Crippen LogP contribution in [-0.4, -0.2) is 28.7 Å². The van der Waals surface area contributed by atoms with Crippen LogP contribution in [0.4, 0.5) is 5.82 Å². The number of hydrogen-bond donors (Lipinski definition) is 2. The Morgan fingerprint density at radius 1 is 1.32 bits per heavy atom. The minimum absolute atomic E-state index is 0.127. The van der Waals surface area contributed by atoms with Gasteiger partial charge in [0.15, 0.2) is 0 Å². The Morgan fingerprint density at radius 3 is 2.74 bits per heavy atom. The van der Waals surface area contributed by atoms with Crippen LogP contribution >= 0.6 is 0 Å². The van der Waals surface area contributed by atoms with E-state index in [2.05, 4.69) is 15.3 Å². The van der Waals surface area contributed by atoms with Gasteiger partial charge in [-0.2, -0.15) is 0 Å². The van der Waals surface area contributed by atoms with Crippen molar-refractivity contribution in [2.24, 2.45) is 11.7 Å². The van der Waals surface area contributed by atoms with Gasteiger partial charge in [0, 0.05) is 18.7 Å². The van der Waals surface area contributed by atoms with Gasteiger partial charge in [0.1, 0.15) is 12.1 Å². The van der Waals surface area contributed by atoms with E-state index in [0.29, 0.717) is 17.8 Å². The lowest BCUT2D eigenvalue weighted by Gasteiger charge is -2.26. The second-order valence-corrected chi connectivity index (χ2v) is 5.57. The number of nitrogens with two attached hydrogens (primary N) is 1. The van der Waals surface area contributed by atoms with Crippen LogP contribution in [0.3, 0.4) is 0 Å². The third kappa shape index (κ3) is 4.67. The summed E-state index contributed by atoms with van der Waals surface area (Å²) in [7, 11) is 0. The molecule has 1 heterocycles. The Kier molecular flexibility index (Phi) is 4.96. The van der Waals surface area contributed by atoms with Crippen LogP contribution in [0.1, 0.15) is 39.5 Å². The molecule has 5 heteroatoms. The fraction of sp³-hybridized carbons (Fsp3) is 0.714. The first-order valence-corrected chi connectivity index (χ1v) is 7.11. The Hall–Kier alpha value is -1.36. The van der Waals surface area contributed by atoms with Crippen molar-refractivity contribution in [3.8, 4) is 5.88 Å². The van der Waals surface area contributed by atoms with E-state index in [1.54, 1.807) is 0 Å². The number of ether oxygens (including phenoxy) is 1. The van der Waals surface area contributed by atoms with Gasteiger partial charge in [-0.15, -0.1) is 0 Å². The normalized spacial score (nSPS) is 23.4. The molecule has 2 rings (SSSR count). The Labute approximate surface area is 115 Å². The summed E-state index contributed by atoms with van der Waals surface area (Å²) < 4.78 is 5.55. The molecule has 0 spiro atoms. The summed E-state index contributed by atoms with van der Waals surface area (Å²) in [5.74, 6) is 2.16. The molecule has 0 radical (unpaired) electrons. The molecule has 0 unspecified atom stereocenters. The molecule has 1 fully saturated rings. The van der Waals surface area contributed by atoms with Crippen molar-refractivity contribution in [3.05, 3.63) is 12.4 Å².